The number of rotatable bonds is 9. The molecule has 2 aromatic rings. The van der Waals surface area contributed by atoms with E-state index >= 15 is 0 Å². The zero-order chi connectivity index (χ0) is 20.5. The Labute approximate surface area is 169 Å². The van der Waals surface area contributed by atoms with Crippen LogP contribution < -0.4 is 15.5 Å². The summed E-state index contributed by atoms with van der Waals surface area (Å²) in [6.45, 7) is 5.56. The van der Waals surface area contributed by atoms with Gasteiger partial charge in [-0.3, -0.25) is 5.43 Å². The highest BCUT2D eigenvalue weighted by molar-refractivity contribution is 5.80. The van der Waals surface area contributed by atoms with Gasteiger partial charge in [-0.1, -0.05) is 35.9 Å². The van der Waals surface area contributed by atoms with E-state index in [9.17, 15) is 4.79 Å². The number of carbonyl (C=O) groups is 1. The summed E-state index contributed by atoms with van der Waals surface area (Å²) < 4.78 is 10.5. The molecule has 1 aliphatic heterocycles. The van der Waals surface area contributed by atoms with Gasteiger partial charge in [0.15, 0.2) is 5.82 Å². The van der Waals surface area contributed by atoms with E-state index in [-0.39, 0.29) is 18.7 Å². The van der Waals surface area contributed by atoms with Crippen molar-refractivity contribution in [2.45, 2.75) is 13.8 Å². The summed E-state index contributed by atoms with van der Waals surface area (Å²) >= 11 is 0. The molecule has 0 saturated carbocycles. The topological polar surface area (TPSA) is 101 Å². The van der Waals surface area contributed by atoms with Gasteiger partial charge >= 0.3 is 12.1 Å². The Balaban J connectivity index is 1.65. The van der Waals surface area contributed by atoms with Gasteiger partial charge in [-0.05, 0) is 25.6 Å². The molecule has 2 N–H and O–H groups in total. The van der Waals surface area contributed by atoms with E-state index in [1.807, 2.05) is 44.2 Å². The number of aryl methyl sites for hydroxylation is 1. The van der Waals surface area contributed by atoms with Gasteiger partial charge in [0.25, 0.3) is 0 Å². The number of benzene rings is 1. The van der Waals surface area contributed by atoms with Gasteiger partial charge in [0.2, 0.25) is 0 Å². The van der Waals surface area contributed by atoms with Crippen LogP contribution in [0, 0.1) is 6.92 Å². The van der Waals surface area contributed by atoms with E-state index in [0.29, 0.717) is 31.3 Å². The number of hydrogen-bond acceptors (Lipinski definition) is 8. The normalized spacial score (nSPS) is 13.9. The van der Waals surface area contributed by atoms with Crippen molar-refractivity contribution < 1.29 is 14.3 Å². The third kappa shape index (κ3) is 6.20. The number of nitrogens with zero attached hydrogens (tertiary/aromatic N) is 4. The lowest BCUT2D eigenvalue weighted by atomic mass is 10.2. The molecule has 2 heterocycles. The number of allylic oxidation sites excluding steroid dienone is 1. The van der Waals surface area contributed by atoms with Gasteiger partial charge in [-0.25, -0.2) is 4.79 Å². The van der Waals surface area contributed by atoms with Crippen LogP contribution >= 0.6 is 0 Å². The van der Waals surface area contributed by atoms with Crippen LogP contribution in [0.2, 0.25) is 0 Å². The molecule has 0 radical (unpaired) electrons. The Kier molecular flexibility index (Phi) is 6.99. The molecule has 1 aromatic heterocycles. The van der Waals surface area contributed by atoms with E-state index in [2.05, 4.69) is 25.8 Å². The summed E-state index contributed by atoms with van der Waals surface area (Å²) in [5.41, 5.74) is 5.04. The molecule has 0 bridgehead atoms. The molecule has 1 aliphatic rings. The fourth-order valence-electron chi connectivity index (χ4n) is 2.59. The molecule has 0 spiro atoms. The second-order valence-electron chi connectivity index (χ2n) is 6.30. The molecular formula is C20H24N6O3. The molecule has 0 atom stereocenters. The van der Waals surface area contributed by atoms with Crippen molar-refractivity contribution in [3.05, 3.63) is 53.7 Å². The smallest absolute Gasteiger partial charge is 0.410 e. The van der Waals surface area contributed by atoms with Crippen LogP contribution in [0.1, 0.15) is 18.1 Å². The molecule has 1 fully saturated rings. The lowest BCUT2D eigenvalue weighted by Crippen LogP contribution is -2.29. The first-order valence-corrected chi connectivity index (χ1v) is 9.31. The number of cyclic esters (lactones) is 1. The maximum absolute atomic E-state index is 11.5. The standard InChI is InChI=1S/C20H24N6O3/c1-3-7-21-17-13-18(25-22-14-16-6-4-5-15(2)12-16)24-19(23-17)28-10-8-26-9-11-29-20(26)27/h3-7,12-14H,8-11H2,1-2H3,(H2,21,23,24,25)/b7-3-,22-14+. The summed E-state index contributed by atoms with van der Waals surface area (Å²) in [6.07, 6.45) is 5.00. The number of ether oxygens (including phenoxy) is 2. The monoisotopic (exact) mass is 396 g/mol. The fraction of sp³-hybridized carbons (Fsp3) is 0.300. The lowest BCUT2D eigenvalue weighted by molar-refractivity contribution is 0.152. The number of aromatic nitrogens is 2. The molecule has 0 aliphatic carbocycles. The highest BCUT2D eigenvalue weighted by Crippen LogP contribution is 2.16. The van der Waals surface area contributed by atoms with Gasteiger partial charge in [-0.2, -0.15) is 15.1 Å². The minimum Gasteiger partial charge on any atom is -0.461 e. The number of hydrogen-bond donors (Lipinski definition) is 2. The maximum Gasteiger partial charge on any atom is 0.410 e. The Morgan fingerprint density at radius 3 is 2.93 bits per heavy atom. The summed E-state index contributed by atoms with van der Waals surface area (Å²) in [7, 11) is 0. The van der Waals surface area contributed by atoms with Gasteiger partial charge in [0.1, 0.15) is 19.0 Å². The van der Waals surface area contributed by atoms with Crippen molar-refractivity contribution in [1.29, 1.82) is 0 Å². The predicted molar refractivity (Wildman–Crippen MR) is 111 cm³/mol. The molecule has 0 unspecified atom stereocenters. The summed E-state index contributed by atoms with van der Waals surface area (Å²) in [6, 6.07) is 9.90. The molecule has 3 rings (SSSR count). The number of carbonyl (C=O) groups excluding carboxylic acids is 1. The SMILES string of the molecule is C/C=C\Nc1cc(N/N=C/c2cccc(C)c2)nc(OCCN2CCOC2=O)n1. The van der Waals surface area contributed by atoms with Crippen LogP contribution in [-0.2, 0) is 4.74 Å². The van der Waals surface area contributed by atoms with Crippen molar-refractivity contribution >= 4 is 23.9 Å². The molecule has 29 heavy (non-hydrogen) atoms. The predicted octanol–water partition coefficient (Wildman–Crippen LogP) is 3.01. The second kappa shape index (κ2) is 10.1. The largest absolute Gasteiger partial charge is 0.461 e. The first-order chi connectivity index (χ1) is 14.1. The van der Waals surface area contributed by atoms with E-state index < -0.39 is 0 Å². The lowest BCUT2D eigenvalue weighted by Gasteiger charge is -2.13. The minimum atomic E-state index is -0.328. The molecule has 1 amide bonds. The maximum atomic E-state index is 11.5. The van der Waals surface area contributed by atoms with Crippen molar-refractivity contribution in [2.75, 3.05) is 37.0 Å². The van der Waals surface area contributed by atoms with Gasteiger partial charge < -0.3 is 19.7 Å². The molecule has 1 aromatic carbocycles. The number of amides is 1. The third-order valence-corrected chi connectivity index (χ3v) is 3.98. The van der Waals surface area contributed by atoms with Crippen molar-refractivity contribution in [2.24, 2.45) is 5.10 Å². The average molecular weight is 396 g/mol. The fourth-order valence-corrected chi connectivity index (χ4v) is 2.59. The van der Waals surface area contributed by atoms with Gasteiger partial charge in [0.05, 0.1) is 19.3 Å². The number of hydrazone groups is 1. The quantitative estimate of drug-likeness (QED) is 0.496. The zero-order valence-electron chi connectivity index (χ0n) is 16.5. The molecule has 9 heteroatoms. The van der Waals surface area contributed by atoms with Crippen LogP contribution in [-0.4, -0.2) is 53.5 Å². The summed E-state index contributed by atoms with van der Waals surface area (Å²) in [4.78, 5) is 21.7. The molecule has 152 valence electrons. The van der Waals surface area contributed by atoms with Crippen LogP contribution in [0.5, 0.6) is 6.01 Å². The van der Waals surface area contributed by atoms with Crippen LogP contribution in [0.3, 0.4) is 0 Å². The average Bonchev–Trinajstić information content (AvgIpc) is 3.11. The van der Waals surface area contributed by atoms with Crippen LogP contribution in [0.25, 0.3) is 0 Å². The zero-order valence-corrected chi connectivity index (χ0v) is 16.5. The summed E-state index contributed by atoms with van der Waals surface area (Å²) in [5.74, 6) is 1.04. The van der Waals surface area contributed by atoms with E-state index in [1.54, 1.807) is 23.4 Å². The minimum absolute atomic E-state index is 0.181. The van der Waals surface area contributed by atoms with E-state index in [1.165, 1.54) is 0 Å². The Morgan fingerprint density at radius 2 is 2.17 bits per heavy atom. The Bertz CT molecular complexity index is 900. The van der Waals surface area contributed by atoms with Crippen molar-refractivity contribution in [3.63, 3.8) is 0 Å². The first-order valence-electron chi connectivity index (χ1n) is 9.31. The molecule has 9 nitrogen and oxygen atoms in total. The summed E-state index contributed by atoms with van der Waals surface area (Å²) in [5, 5.41) is 7.27. The third-order valence-electron chi connectivity index (χ3n) is 3.98. The first kappa shape index (κ1) is 20.1. The Hall–Kier alpha value is -3.62. The number of anilines is 2. The molecular weight excluding hydrogens is 372 g/mol. The van der Waals surface area contributed by atoms with E-state index in [4.69, 9.17) is 9.47 Å². The highest BCUT2D eigenvalue weighted by Gasteiger charge is 2.21. The Morgan fingerprint density at radius 1 is 1.31 bits per heavy atom. The van der Waals surface area contributed by atoms with Crippen molar-refractivity contribution in [3.8, 4) is 6.01 Å². The highest BCUT2D eigenvalue weighted by atomic mass is 16.6. The van der Waals surface area contributed by atoms with Gasteiger partial charge in [0, 0.05) is 6.07 Å². The van der Waals surface area contributed by atoms with Crippen molar-refractivity contribution in [1.82, 2.24) is 14.9 Å². The number of nitrogens with one attached hydrogen (secondary N) is 2. The van der Waals surface area contributed by atoms with Crippen LogP contribution in [0.15, 0.2) is 47.7 Å². The van der Waals surface area contributed by atoms with Gasteiger partial charge in [-0.15, -0.1) is 0 Å². The van der Waals surface area contributed by atoms with E-state index in [0.717, 1.165) is 11.1 Å². The second-order valence-corrected chi connectivity index (χ2v) is 6.30. The molecule has 1 saturated heterocycles. The van der Waals surface area contributed by atoms with Crippen LogP contribution in [0.4, 0.5) is 16.4 Å².